The maximum Gasteiger partial charge on any atom is 0.445 e. The molecular formula is C28H25ClF3N7O3. The predicted octanol–water partition coefficient (Wildman–Crippen LogP) is 4.99. The fourth-order valence-corrected chi connectivity index (χ4v) is 5.51. The molecule has 3 heterocycles. The van der Waals surface area contributed by atoms with Crippen LogP contribution in [-0.2, 0) is 10.3 Å². The average molecular weight is 600 g/mol. The molecule has 5 atom stereocenters. The number of rotatable bonds is 6. The topological polar surface area (TPSA) is 126 Å². The number of nitrogens with zero attached hydrogens (tertiary/aromatic N) is 4. The van der Waals surface area contributed by atoms with Crippen LogP contribution in [0.5, 0.6) is 0 Å². The van der Waals surface area contributed by atoms with E-state index in [0.717, 1.165) is 25.3 Å². The van der Waals surface area contributed by atoms with Gasteiger partial charge in [0.15, 0.2) is 17.0 Å². The lowest BCUT2D eigenvalue weighted by molar-refractivity contribution is -0.239. The Morgan fingerprint density at radius 1 is 1.21 bits per heavy atom. The minimum absolute atomic E-state index is 0.0224. The van der Waals surface area contributed by atoms with Crippen LogP contribution in [0.2, 0.25) is 5.02 Å². The van der Waals surface area contributed by atoms with Crippen molar-refractivity contribution in [2.45, 2.75) is 55.6 Å². The van der Waals surface area contributed by atoms with Gasteiger partial charge in [0.05, 0.1) is 18.1 Å². The van der Waals surface area contributed by atoms with Crippen LogP contribution in [0.4, 0.5) is 35.4 Å². The third kappa shape index (κ3) is 4.78. The van der Waals surface area contributed by atoms with Gasteiger partial charge in [-0.3, -0.25) is 5.32 Å². The first-order valence-electron chi connectivity index (χ1n) is 13.6. The van der Waals surface area contributed by atoms with E-state index >= 15 is 0 Å². The molecule has 5 unspecified atom stereocenters. The number of ether oxygens (including phenoxy) is 1. The molecule has 4 N–H and O–H groups in total. The van der Waals surface area contributed by atoms with E-state index in [1.165, 1.54) is 12.1 Å². The first-order chi connectivity index (χ1) is 20.1. The number of nitrogens with one attached hydrogen (secondary N) is 3. The molecule has 14 heteroatoms. The van der Waals surface area contributed by atoms with E-state index in [2.05, 4.69) is 37.8 Å². The molecule has 42 heavy (non-hydrogen) atoms. The summed E-state index contributed by atoms with van der Waals surface area (Å²) in [6.45, 7) is 0.0595. The van der Waals surface area contributed by atoms with Crippen molar-refractivity contribution in [2.75, 3.05) is 22.6 Å². The fraction of sp³-hybridized carbons (Fsp3) is 0.429. The summed E-state index contributed by atoms with van der Waals surface area (Å²) >= 11 is 5.99. The number of cyclic esters (lactones) is 1. The Balaban J connectivity index is 1.17. The summed E-state index contributed by atoms with van der Waals surface area (Å²) in [5, 5.41) is 18.5. The molecule has 10 nitrogen and oxygen atoms in total. The van der Waals surface area contributed by atoms with Crippen molar-refractivity contribution >= 4 is 46.3 Å². The van der Waals surface area contributed by atoms with Crippen LogP contribution in [0.25, 0.3) is 11.2 Å². The number of carbonyl (C=O) groups is 1. The Kier molecular flexibility index (Phi) is 6.25. The molecule has 1 amide bonds. The van der Waals surface area contributed by atoms with Crippen molar-refractivity contribution in [1.82, 2.24) is 19.5 Å². The number of anilines is 3. The van der Waals surface area contributed by atoms with Crippen LogP contribution in [-0.4, -0.2) is 55.6 Å². The van der Waals surface area contributed by atoms with Crippen molar-refractivity contribution in [2.24, 2.45) is 11.8 Å². The lowest BCUT2D eigenvalue weighted by Gasteiger charge is -2.35. The van der Waals surface area contributed by atoms with Gasteiger partial charge in [0.25, 0.3) is 5.60 Å². The number of alkyl halides is 3. The highest BCUT2D eigenvalue weighted by Gasteiger charge is 2.62. The highest BCUT2D eigenvalue weighted by Crippen LogP contribution is 2.48. The first-order valence-corrected chi connectivity index (χ1v) is 14.0. The number of allylic oxidation sites excluding steroid dienone is 1. The number of hydrogen-bond acceptors (Lipinski definition) is 8. The maximum absolute atomic E-state index is 14.5. The minimum Gasteiger partial charge on any atom is -0.415 e. The number of aliphatic hydroxyl groups excluding tert-OH is 1. The standard InChI is InChI=1S/C28H25ClF3N7O3/c29-16-2-6-20-19(11-16)27(28(30,31)32,42-26(41)36-20)8-7-15-10-21(15)35-25-37-23(34-17-3-4-17)22-24(38-25)39(13-33-22)18-5-1-14(9-18)12-40/h1-2,5-6,11,13-15,17-18,21,40H,3-4,9-10,12H2,(H,36,41)(H2,34,35,37,38). The third-order valence-electron chi connectivity index (χ3n) is 7.86. The number of amides is 1. The normalized spacial score (nSPS) is 28.0. The smallest absolute Gasteiger partial charge is 0.415 e. The molecule has 0 saturated heterocycles. The van der Waals surface area contributed by atoms with Gasteiger partial charge >= 0.3 is 12.3 Å². The molecule has 218 valence electrons. The van der Waals surface area contributed by atoms with Crippen molar-refractivity contribution < 1.29 is 27.8 Å². The van der Waals surface area contributed by atoms with Gasteiger partial charge in [0.2, 0.25) is 5.95 Å². The zero-order valence-electron chi connectivity index (χ0n) is 22.0. The maximum atomic E-state index is 14.5. The highest BCUT2D eigenvalue weighted by molar-refractivity contribution is 6.30. The number of carbonyl (C=O) groups excluding carboxylic acids is 1. The number of hydrogen-bond donors (Lipinski definition) is 4. The van der Waals surface area contributed by atoms with Crippen LogP contribution in [0, 0.1) is 23.7 Å². The number of halogens is 4. The molecular weight excluding hydrogens is 575 g/mol. The van der Waals surface area contributed by atoms with Crippen molar-refractivity contribution in [1.29, 1.82) is 0 Å². The molecule has 4 aliphatic rings. The zero-order valence-corrected chi connectivity index (χ0v) is 22.7. The van der Waals surface area contributed by atoms with E-state index in [0.29, 0.717) is 35.4 Å². The van der Waals surface area contributed by atoms with E-state index < -0.39 is 23.8 Å². The minimum atomic E-state index is -5.02. The molecule has 7 rings (SSSR count). The van der Waals surface area contributed by atoms with Crippen LogP contribution in [0.15, 0.2) is 36.7 Å². The molecule has 0 radical (unpaired) electrons. The van der Waals surface area contributed by atoms with Gasteiger partial charge in [-0.15, -0.1) is 0 Å². The van der Waals surface area contributed by atoms with Gasteiger partial charge in [-0.05, 0) is 49.8 Å². The van der Waals surface area contributed by atoms with E-state index in [1.54, 1.807) is 6.33 Å². The molecule has 2 aromatic heterocycles. The summed E-state index contributed by atoms with van der Waals surface area (Å²) in [7, 11) is 0. The second-order valence-electron chi connectivity index (χ2n) is 11.0. The lowest BCUT2D eigenvalue weighted by Crippen LogP contribution is -2.49. The van der Waals surface area contributed by atoms with Crippen LogP contribution < -0.4 is 16.0 Å². The summed E-state index contributed by atoms with van der Waals surface area (Å²) in [4.78, 5) is 26.0. The van der Waals surface area contributed by atoms with Crippen LogP contribution in [0.3, 0.4) is 0 Å². The molecule has 1 aromatic carbocycles. The molecule has 2 saturated carbocycles. The van der Waals surface area contributed by atoms with Gasteiger partial charge < -0.3 is 25.0 Å². The summed E-state index contributed by atoms with van der Waals surface area (Å²) in [6, 6.07) is 3.73. The number of aliphatic hydroxyl groups is 1. The van der Waals surface area contributed by atoms with E-state index in [4.69, 9.17) is 21.3 Å². The second-order valence-corrected chi connectivity index (χ2v) is 11.5. The molecule has 1 aliphatic heterocycles. The van der Waals surface area contributed by atoms with Crippen LogP contribution in [0.1, 0.15) is 37.3 Å². The van der Waals surface area contributed by atoms with Gasteiger partial charge in [-0.2, -0.15) is 23.1 Å². The van der Waals surface area contributed by atoms with E-state index in [-0.39, 0.29) is 40.9 Å². The highest BCUT2D eigenvalue weighted by atomic mass is 35.5. The van der Waals surface area contributed by atoms with Gasteiger partial charge in [0, 0.05) is 41.1 Å². The van der Waals surface area contributed by atoms with Crippen molar-refractivity contribution in [3.8, 4) is 11.8 Å². The van der Waals surface area contributed by atoms with Crippen molar-refractivity contribution in [3.05, 3.63) is 47.3 Å². The average Bonchev–Trinajstić information content (AvgIpc) is 3.80. The quantitative estimate of drug-likeness (QED) is 0.231. The van der Waals surface area contributed by atoms with E-state index in [1.807, 2.05) is 16.7 Å². The molecule has 0 bridgehead atoms. The summed E-state index contributed by atoms with van der Waals surface area (Å²) in [5.74, 6) is 5.40. The Bertz CT molecular complexity index is 1680. The first kappa shape index (κ1) is 26.9. The van der Waals surface area contributed by atoms with Gasteiger partial charge in [-0.1, -0.05) is 29.7 Å². The molecule has 0 spiro atoms. The van der Waals surface area contributed by atoms with E-state index in [9.17, 15) is 23.1 Å². The predicted molar refractivity (Wildman–Crippen MR) is 148 cm³/mol. The van der Waals surface area contributed by atoms with Crippen LogP contribution >= 0.6 is 11.6 Å². The number of fused-ring (bicyclic) bond motifs is 2. The largest absolute Gasteiger partial charge is 0.445 e. The number of aromatic nitrogens is 4. The summed E-state index contributed by atoms with van der Waals surface area (Å²) < 4.78 is 50.2. The summed E-state index contributed by atoms with van der Waals surface area (Å²) in [6.07, 6.45) is 2.65. The summed E-state index contributed by atoms with van der Waals surface area (Å²) in [5.41, 5.74) is -2.37. The third-order valence-corrected chi connectivity index (χ3v) is 8.10. The second kappa shape index (κ2) is 9.78. The van der Waals surface area contributed by atoms with Crippen molar-refractivity contribution in [3.63, 3.8) is 0 Å². The zero-order chi connectivity index (χ0) is 29.2. The van der Waals surface area contributed by atoms with Gasteiger partial charge in [0.1, 0.15) is 0 Å². The SMILES string of the molecule is O=C1Nc2ccc(Cl)cc2C(C#CC2CC2Nc2nc(NC3CC3)c3ncn(C4C=CC(CO)C4)c3n2)(C(F)(F)F)O1. The monoisotopic (exact) mass is 599 g/mol. The van der Waals surface area contributed by atoms with Gasteiger partial charge in [-0.25, -0.2) is 9.78 Å². The lowest BCUT2D eigenvalue weighted by atomic mass is 9.90. The Morgan fingerprint density at radius 2 is 2.05 bits per heavy atom. The Morgan fingerprint density at radius 3 is 2.79 bits per heavy atom. The fourth-order valence-electron chi connectivity index (χ4n) is 5.33. The molecule has 3 aliphatic carbocycles. The molecule has 2 fully saturated rings. The number of imidazole rings is 1. The Hall–Kier alpha value is -4.02. The molecule has 3 aromatic rings. The number of benzene rings is 1. The Labute approximate surface area is 242 Å².